The third kappa shape index (κ3) is 2.32. The van der Waals surface area contributed by atoms with Gasteiger partial charge >= 0.3 is 0 Å². The zero-order valence-electron chi connectivity index (χ0n) is 10.8. The Labute approximate surface area is 124 Å². The number of aromatic nitrogens is 2. The number of hydrogen-bond donors (Lipinski definition) is 2. The SMILES string of the molecule is Cc1cc(NC(=O)c2cccc3cc[nH]c23)cnc1Br. The molecule has 100 valence electrons. The van der Waals surface area contributed by atoms with Crippen LogP contribution in [0.3, 0.4) is 0 Å². The van der Waals surface area contributed by atoms with Gasteiger partial charge in [0.25, 0.3) is 5.91 Å². The number of para-hydroxylation sites is 1. The number of pyridine rings is 1. The molecule has 0 bridgehead atoms. The number of hydrogen-bond acceptors (Lipinski definition) is 2. The fourth-order valence-electron chi connectivity index (χ4n) is 2.10. The highest BCUT2D eigenvalue weighted by atomic mass is 79.9. The number of H-pyrrole nitrogens is 1. The second-order valence-electron chi connectivity index (χ2n) is 4.53. The van der Waals surface area contributed by atoms with Gasteiger partial charge in [-0.05, 0) is 46.6 Å². The fourth-order valence-corrected chi connectivity index (χ4v) is 2.32. The van der Waals surface area contributed by atoms with Crippen molar-refractivity contribution in [3.8, 4) is 0 Å². The first kappa shape index (κ1) is 12.9. The molecule has 3 rings (SSSR count). The zero-order valence-corrected chi connectivity index (χ0v) is 12.4. The molecule has 0 unspecified atom stereocenters. The predicted molar refractivity (Wildman–Crippen MR) is 82.9 cm³/mol. The van der Waals surface area contributed by atoms with Crippen LogP contribution >= 0.6 is 15.9 Å². The molecule has 3 aromatic rings. The van der Waals surface area contributed by atoms with Crippen molar-refractivity contribution in [2.45, 2.75) is 6.92 Å². The molecule has 5 heteroatoms. The van der Waals surface area contributed by atoms with E-state index in [1.807, 2.05) is 37.4 Å². The zero-order chi connectivity index (χ0) is 14.1. The Hall–Kier alpha value is -2.14. The van der Waals surface area contributed by atoms with Gasteiger partial charge in [0.05, 0.1) is 23.0 Å². The molecule has 0 aliphatic carbocycles. The van der Waals surface area contributed by atoms with Gasteiger partial charge in [-0.3, -0.25) is 4.79 Å². The Balaban J connectivity index is 1.93. The average Bonchev–Trinajstić information content (AvgIpc) is 2.91. The number of carbonyl (C=O) groups excluding carboxylic acids is 1. The van der Waals surface area contributed by atoms with E-state index in [2.05, 4.69) is 31.2 Å². The maximum atomic E-state index is 12.4. The lowest BCUT2D eigenvalue weighted by atomic mass is 10.1. The van der Waals surface area contributed by atoms with Crippen molar-refractivity contribution in [3.05, 3.63) is 58.5 Å². The number of nitrogens with one attached hydrogen (secondary N) is 2. The Morgan fingerprint density at radius 2 is 2.20 bits per heavy atom. The Morgan fingerprint density at radius 1 is 1.35 bits per heavy atom. The minimum atomic E-state index is -0.151. The summed E-state index contributed by atoms with van der Waals surface area (Å²) < 4.78 is 0.780. The van der Waals surface area contributed by atoms with Crippen molar-refractivity contribution in [3.63, 3.8) is 0 Å². The number of halogens is 1. The third-order valence-electron chi connectivity index (χ3n) is 3.10. The summed E-state index contributed by atoms with van der Waals surface area (Å²) in [5.74, 6) is -0.151. The van der Waals surface area contributed by atoms with Crippen molar-refractivity contribution < 1.29 is 4.79 Å². The van der Waals surface area contributed by atoms with Crippen LogP contribution in [-0.4, -0.2) is 15.9 Å². The first-order valence-electron chi connectivity index (χ1n) is 6.15. The van der Waals surface area contributed by atoms with Gasteiger partial charge in [-0.1, -0.05) is 12.1 Å². The maximum absolute atomic E-state index is 12.4. The smallest absolute Gasteiger partial charge is 0.257 e. The summed E-state index contributed by atoms with van der Waals surface area (Å²) in [6.07, 6.45) is 3.45. The van der Waals surface area contributed by atoms with E-state index >= 15 is 0 Å². The Bertz CT molecular complexity index is 795. The molecule has 2 aromatic heterocycles. The van der Waals surface area contributed by atoms with Crippen LogP contribution in [0.5, 0.6) is 0 Å². The topological polar surface area (TPSA) is 57.8 Å². The Morgan fingerprint density at radius 3 is 3.00 bits per heavy atom. The van der Waals surface area contributed by atoms with Gasteiger partial charge in [-0.25, -0.2) is 4.98 Å². The minimum absolute atomic E-state index is 0.151. The molecule has 0 aliphatic heterocycles. The van der Waals surface area contributed by atoms with Gasteiger partial charge in [0, 0.05) is 11.6 Å². The molecule has 4 nitrogen and oxygen atoms in total. The second-order valence-corrected chi connectivity index (χ2v) is 5.28. The Kier molecular flexibility index (Phi) is 3.28. The van der Waals surface area contributed by atoms with E-state index in [9.17, 15) is 4.79 Å². The monoisotopic (exact) mass is 329 g/mol. The highest BCUT2D eigenvalue weighted by molar-refractivity contribution is 9.10. The van der Waals surface area contributed by atoms with E-state index in [0.29, 0.717) is 11.3 Å². The summed E-state index contributed by atoms with van der Waals surface area (Å²) in [7, 11) is 0. The van der Waals surface area contributed by atoms with E-state index < -0.39 is 0 Å². The molecule has 0 spiro atoms. The van der Waals surface area contributed by atoms with E-state index in [1.54, 1.807) is 12.3 Å². The van der Waals surface area contributed by atoms with Gasteiger partial charge in [-0.2, -0.15) is 0 Å². The number of aryl methyl sites for hydroxylation is 1. The molecule has 2 N–H and O–H groups in total. The molecule has 20 heavy (non-hydrogen) atoms. The maximum Gasteiger partial charge on any atom is 0.257 e. The van der Waals surface area contributed by atoms with E-state index in [0.717, 1.165) is 21.1 Å². The van der Waals surface area contributed by atoms with E-state index in [1.165, 1.54) is 0 Å². The molecular weight excluding hydrogens is 318 g/mol. The van der Waals surface area contributed by atoms with Crippen LogP contribution in [0.1, 0.15) is 15.9 Å². The summed E-state index contributed by atoms with van der Waals surface area (Å²) >= 11 is 3.34. The number of amides is 1. The van der Waals surface area contributed by atoms with Crippen LogP contribution in [0, 0.1) is 6.92 Å². The number of benzene rings is 1. The van der Waals surface area contributed by atoms with Crippen molar-refractivity contribution in [2.75, 3.05) is 5.32 Å². The largest absolute Gasteiger partial charge is 0.361 e. The lowest BCUT2D eigenvalue weighted by molar-refractivity contribution is 0.102. The molecule has 0 radical (unpaired) electrons. The summed E-state index contributed by atoms with van der Waals surface area (Å²) in [6.45, 7) is 1.93. The summed E-state index contributed by atoms with van der Waals surface area (Å²) in [5, 5.41) is 3.88. The summed E-state index contributed by atoms with van der Waals surface area (Å²) in [6, 6.07) is 9.46. The van der Waals surface area contributed by atoms with Crippen molar-refractivity contribution >= 4 is 38.4 Å². The summed E-state index contributed by atoms with van der Waals surface area (Å²) in [5.41, 5.74) is 3.11. The minimum Gasteiger partial charge on any atom is -0.361 e. The van der Waals surface area contributed by atoms with Crippen LogP contribution < -0.4 is 5.32 Å². The lowest BCUT2D eigenvalue weighted by Gasteiger charge is -2.07. The van der Waals surface area contributed by atoms with Gasteiger partial charge in [0.2, 0.25) is 0 Å². The molecule has 2 heterocycles. The molecule has 1 amide bonds. The molecular formula is C15H12BrN3O. The van der Waals surface area contributed by atoms with Crippen molar-refractivity contribution in [2.24, 2.45) is 0 Å². The highest BCUT2D eigenvalue weighted by Gasteiger charge is 2.11. The van der Waals surface area contributed by atoms with E-state index in [4.69, 9.17) is 0 Å². The first-order chi connectivity index (χ1) is 9.65. The standard InChI is InChI=1S/C15H12BrN3O/c1-9-7-11(8-18-14(9)16)19-15(20)12-4-2-3-10-5-6-17-13(10)12/h2-8,17H,1H3,(H,19,20). The molecule has 0 saturated carbocycles. The molecule has 1 aromatic carbocycles. The quantitative estimate of drug-likeness (QED) is 0.701. The number of rotatable bonds is 2. The van der Waals surface area contributed by atoms with Crippen molar-refractivity contribution in [1.82, 2.24) is 9.97 Å². The second kappa shape index (κ2) is 5.09. The number of carbonyl (C=O) groups is 1. The van der Waals surface area contributed by atoms with Gasteiger partial charge in [-0.15, -0.1) is 0 Å². The van der Waals surface area contributed by atoms with Crippen LogP contribution in [0.15, 0.2) is 47.3 Å². The van der Waals surface area contributed by atoms with E-state index in [-0.39, 0.29) is 5.91 Å². The number of anilines is 1. The molecule has 0 aliphatic rings. The lowest BCUT2D eigenvalue weighted by Crippen LogP contribution is -2.12. The van der Waals surface area contributed by atoms with Gasteiger partial charge < -0.3 is 10.3 Å². The summed E-state index contributed by atoms with van der Waals surface area (Å²) in [4.78, 5) is 19.6. The van der Waals surface area contributed by atoms with Crippen LogP contribution in [0.2, 0.25) is 0 Å². The number of fused-ring (bicyclic) bond motifs is 1. The predicted octanol–water partition coefficient (Wildman–Crippen LogP) is 3.89. The molecule has 0 fully saturated rings. The van der Waals surface area contributed by atoms with Crippen molar-refractivity contribution in [1.29, 1.82) is 0 Å². The number of aromatic amines is 1. The van der Waals surface area contributed by atoms with Gasteiger partial charge in [0.1, 0.15) is 4.60 Å². The van der Waals surface area contributed by atoms with Crippen LogP contribution in [0.4, 0.5) is 5.69 Å². The van der Waals surface area contributed by atoms with Crippen LogP contribution in [0.25, 0.3) is 10.9 Å². The van der Waals surface area contributed by atoms with Crippen LogP contribution in [-0.2, 0) is 0 Å². The third-order valence-corrected chi connectivity index (χ3v) is 3.93. The number of nitrogens with zero attached hydrogens (tertiary/aromatic N) is 1. The first-order valence-corrected chi connectivity index (χ1v) is 6.94. The molecule has 0 saturated heterocycles. The fraction of sp³-hybridized carbons (Fsp3) is 0.0667. The molecule has 0 atom stereocenters. The highest BCUT2D eigenvalue weighted by Crippen LogP contribution is 2.20. The van der Waals surface area contributed by atoms with Gasteiger partial charge in [0.15, 0.2) is 0 Å². The average molecular weight is 330 g/mol. The normalized spacial score (nSPS) is 10.7.